The highest BCUT2D eigenvalue weighted by Gasteiger charge is 2.26. The molecule has 2 aromatic carbocycles. The van der Waals surface area contributed by atoms with Gasteiger partial charge in [-0.05, 0) is 49.2 Å². The number of ether oxygens (including phenoxy) is 1. The summed E-state index contributed by atoms with van der Waals surface area (Å²) in [6.45, 7) is 6.58. The monoisotopic (exact) mass is 495 g/mol. The summed E-state index contributed by atoms with van der Waals surface area (Å²) in [6, 6.07) is 15.2. The van der Waals surface area contributed by atoms with Crippen LogP contribution < -0.4 is 10.6 Å². The number of methoxy groups -OCH3 is 1. The maximum atomic E-state index is 12.8. The summed E-state index contributed by atoms with van der Waals surface area (Å²) in [6.07, 6.45) is 0. The van der Waals surface area contributed by atoms with E-state index >= 15 is 0 Å². The lowest BCUT2D eigenvalue weighted by atomic mass is 10.0. The van der Waals surface area contributed by atoms with Crippen LogP contribution >= 0.6 is 11.8 Å². The summed E-state index contributed by atoms with van der Waals surface area (Å²) in [7, 11) is 1.32. The van der Waals surface area contributed by atoms with E-state index < -0.39 is 5.97 Å². The van der Waals surface area contributed by atoms with Gasteiger partial charge in [0, 0.05) is 17.8 Å². The Kier molecular flexibility index (Phi) is 9.02. The fraction of sp³-hybridized carbons (Fsp3) is 0.320. The summed E-state index contributed by atoms with van der Waals surface area (Å²) < 4.78 is 6.59. The number of aromatic nitrogens is 3. The molecule has 0 saturated heterocycles. The number of anilines is 1. The third-order valence-electron chi connectivity index (χ3n) is 5.25. The smallest absolute Gasteiger partial charge is 0.337 e. The minimum absolute atomic E-state index is 0.0753. The van der Waals surface area contributed by atoms with Gasteiger partial charge in [-0.1, -0.05) is 43.8 Å². The van der Waals surface area contributed by atoms with Gasteiger partial charge in [-0.15, -0.1) is 10.2 Å². The molecule has 3 rings (SSSR count). The molecular formula is C25H29N5O4S. The van der Waals surface area contributed by atoms with Gasteiger partial charge < -0.3 is 19.9 Å². The third kappa shape index (κ3) is 6.69. The van der Waals surface area contributed by atoms with E-state index in [2.05, 4.69) is 25.6 Å². The number of nitrogens with zero attached hydrogens (tertiary/aromatic N) is 3. The molecule has 2 N–H and O–H groups in total. The predicted octanol–water partition coefficient (Wildman–Crippen LogP) is 3.94. The summed E-state index contributed by atoms with van der Waals surface area (Å²) in [5.74, 6) is 0.0132. The summed E-state index contributed by atoms with van der Waals surface area (Å²) in [5.41, 5.74) is 1.55. The highest BCUT2D eigenvalue weighted by Crippen LogP contribution is 2.25. The van der Waals surface area contributed by atoms with Gasteiger partial charge in [0.1, 0.15) is 0 Å². The summed E-state index contributed by atoms with van der Waals surface area (Å²) in [4.78, 5) is 36.8. The first-order valence-electron chi connectivity index (χ1n) is 11.2. The molecule has 1 atom stereocenters. The minimum Gasteiger partial charge on any atom is -0.465 e. The summed E-state index contributed by atoms with van der Waals surface area (Å²) in [5, 5.41) is 15.1. The van der Waals surface area contributed by atoms with Crippen LogP contribution in [0.3, 0.4) is 0 Å². The average molecular weight is 496 g/mol. The number of hydrogen-bond donors (Lipinski definition) is 2. The van der Waals surface area contributed by atoms with Crippen LogP contribution in [0, 0.1) is 5.92 Å². The van der Waals surface area contributed by atoms with Crippen LogP contribution in [0.25, 0.3) is 0 Å². The normalized spacial score (nSPS) is 11.7. The van der Waals surface area contributed by atoms with E-state index in [9.17, 15) is 14.4 Å². The fourth-order valence-corrected chi connectivity index (χ4v) is 4.22. The zero-order chi connectivity index (χ0) is 25.4. The molecule has 0 saturated carbocycles. The zero-order valence-electron chi connectivity index (χ0n) is 20.1. The van der Waals surface area contributed by atoms with E-state index in [1.54, 1.807) is 36.4 Å². The topological polar surface area (TPSA) is 115 Å². The number of carbonyl (C=O) groups is 3. The Bertz CT molecular complexity index is 1160. The molecule has 0 bridgehead atoms. The van der Waals surface area contributed by atoms with Crippen molar-refractivity contribution in [3.8, 4) is 0 Å². The number of rotatable bonds is 10. The second-order valence-corrected chi connectivity index (χ2v) is 8.99. The van der Waals surface area contributed by atoms with Crippen molar-refractivity contribution >= 4 is 35.2 Å². The molecule has 0 aliphatic heterocycles. The molecule has 0 unspecified atom stereocenters. The van der Waals surface area contributed by atoms with Crippen molar-refractivity contribution in [1.29, 1.82) is 0 Å². The number of carbonyl (C=O) groups excluding carboxylic acids is 3. The standard InChI is InChI=1S/C25H29N5O4S/c1-5-30-22(21(16(2)3)27-23(32)17-9-7-6-8-10-17)28-29-25(30)35-15-20(31)26-19-13-11-18(12-14-19)24(33)34-4/h6-14,16,21H,5,15H2,1-4H3,(H,26,31)(H,27,32)/t21-/m0/s1. The first-order chi connectivity index (χ1) is 16.8. The molecule has 0 aliphatic rings. The number of thioether (sulfide) groups is 1. The molecule has 184 valence electrons. The van der Waals surface area contributed by atoms with Crippen molar-refractivity contribution in [2.24, 2.45) is 5.92 Å². The molecule has 2 amide bonds. The highest BCUT2D eigenvalue weighted by molar-refractivity contribution is 7.99. The van der Waals surface area contributed by atoms with Crippen LogP contribution in [0.5, 0.6) is 0 Å². The van der Waals surface area contributed by atoms with E-state index in [0.29, 0.717) is 34.3 Å². The Morgan fingerprint density at radius 1 is 1.00 bits per heavy atom. The second-order valence-electron chi connectivity index (χ2n) is 8.05. The molecular weight excluding hydrogens is 466 g/mol. The minimum atomic E-state index is -0.437. The first kappa shape index (κ1) is 26.0. The lowest BCUT2D eigenvalue weighted by Crippen LogP contribution is -2.33. The number of amides is 2. The largest absolute Gasteiger partial charge is 0.465 e. The van der Waals surface area contributed by atoms with Crippen LogP contribution in [0.15, 0.2) is 59.8 Å². The van der Waals surface area contributed by atoms with Gasteiger partial charge >= 0.3 is 5.97 Å². The van der Waals surface area contributed by atoms with Crippen molar-refractivity contribution in [2.75, 3.05) is 18.2 Å². The molecule has 0 spiro atoms. The number of esters is 1. The van der Waals surface area contributed by atoms with E-state index in [1.165, 1.54) is 18.9 Å². The van der Waals surface area contributed by atoms with Crippen molar-refractivity contribution < 1.29 is 19.1 Å². The fourth-order valence-electron chi connectivity index (χ4n) is 3.41. The molecule has 35 heavy (non-hydrogen) atoms. The first-order valence-corrected chi connectivity index (χ1v) is 12.2. The van der Waals surface area contributed by atoms with Gasteiger partial charge in [0.2, 0.25) is 5.91 Å². The molecule has 0 aliphatic carbocycles. The number of benzene rings is 2. The van der Waals surface area contributed by atoms with E-state index in [-0.39, 0.29) is 29.5 Å². The zero-order valence-corrected chi connectivity index (χ0v) is 21.0. The Hall–Kier alpha value is -3.66. The summed E-state index contributed by atoms with van der Waals surface area (Å²) >= 11 is 1.27. The Morgan fingerprint density at radius 2 is 1.69 bits per heavy atom. The van der Waals surface area contributed by atoms with Gasteiger partial charge in [-0.25, -0.2) is 4.79 Å². The van der Waals surface area contributed by atoms with Gasteiger partial charge in [-0.3, -0.25) is 9.59 Å². The van der Waals surface area contributed by atoms with Gasteiger partial charge in [0.25, 0.3) is 5.91 Å². The molecule has 0 fully saturated rings. The lowest BCUT2D eigenvalue weighted by molar-refractivity contribution is -0.113. The molecule has 3 aromatic rings. The van der Waals surface area contributed by atoms with Crippen molar-refractivity contribution in [3.05, 3.63) is 71.5 Å². The molecule has 9 nitrogen and oxygen atoms in total. The van der Waals surface area contributed by atoms with Crippen molar-refractivity contribution in [3.63, 3.8) is 0 Å². The van der Waals surface area contributed by atoms with Crippen molar-refractivity contribution in [1.82, 2.24) is 20.1 Å². The molecule has 1 aromatic heterocycles. The molecule has 0 radical (unpaired) electrons. The van der Waals surface area contributed by atoms with Crippen LogP contribution in [0.2, 0.25) is 0 Å². The van der Waals surface area contributed by atoms with Crippen LogP contribution in [0.1, 0.15) is 53.4 Å². The number of hydrogen-bond acceptors (Lipinski definition) is 7. The maximum absolute atomic E-state index is 12.8. The molecule has 10 heteroatoms. The quantitative estimate of drug-likeness (QED) is 0.323. The number of nitrogens with one attached hydrogen (secondary N) is 2. The second kappa shape index (κ2) is 12.2. The van der Waals surface area contributed by atoms with Crippen molar-refractivity contribution in [2.45, 2.75) is 38.5 Å². The van der Waals surface area contributed by atoms with E-state index in [0.717, 1.165) is 0 Å². The van der Waals surface area contributed by atoms with Gasteiger partial charge in [0.15, 0.2) is 11.0 Å². The highest BCUT2D eigenvalue weighted by atomic mass is 32.2. The third-order valence-corrected chi connectivity index (χ3v) is 6.22. The van der Waals surface area contributed by atoms with E-state index in [1.807, 2.05) is 43.5 Å². The van der Waals surface area contributed by atoms with Crippen LogP contribution in [-0.4, -0.2) is 45.4 Å². The van der Waals surface area contributed by atoms with Crippen LogP contribution in [0.4, 0.5) is 5.69 Å². The Labute approximate surface area is 208 Å². The Morgan fingerprint density at radius 3 is 2.29 bits per heavy atom. The maximum Gasteiger partial charge on any atom is 0.337 e. The molecule has 1 heterocycles. The van der Waals surface area contributed by atoms with Crippen LogP contribution in [-0.2, 0) is 16.1 Å². The van der Waals surface area contributed by atoms with E-state index in [4.69, 9.17) is 0 Å². The lowest BCUT2D eigenvalue weighted by Gasteiger charge is -2.22. The Balaban J connectivity index is 1.66. The average Bonchev–Trinajstić information content (AvgIpc) is 3.28. The van der Waals surface area contributed by atoms with Gasteiger partial charge in [0.05, 0.1) is 24.5 Å². The SMILES string of the molecule is CCn1c(SCC(=O)Nc2ccc(C(=O)OC)cc2)nnc1[C@@H](NC(=O)c1ccccc1)C(C)C. The predicted molar refractivity (Wildman–Crippen MR) is 134 cm³/mol. The van der Waals surface area contributed by atoms with Gasteiger partial charge in [-0.2, -0.15) is 0 Å².